The molecule has 2 aliphatic rings. The molecule has 4 rings (SSSR count). The molecule has 5 heteroatoms. The Morgan fingerprint density at radius 2 is 1.90 bits per heavy atom. The number of amides is 2. The minimum absolute atomic E-state index is 0.00110. The van der Waals surface area contributed by atoms with Crippen LogP contribution in [0.15, 0.2) is 47.4 Å². The molecule has 0 spiro atoms. The average Bonchev–Trinajstić information content (AvgIpc) is 3.25. The van der Waals surface area contributed by atoms with Gasteiger partial charge in [-0.25, -0.2) is 0 Å². The number of carbonyl (C=O) groups is 2. The van der Waals surface area contributed by atoms with Gasteiger partial charge in [-0.15, -0.1) is 11.8 Å². The molecule has 1 aliphatic heterocycles. The van der Waals surface area contributed by atoms with E-state index in [1.54, 1.807) is 0 Å². The monoisotopic (exact) mass is 422 g/mol. The van der Waals surface area contributed by atoms with Gasteiger partial charge < -0.3 is 10.2 Å². The smallest absolute Gasteiger partial charge is 0.241 e. The lowest BCUT2D eigenvalue weighted by molar-refractivity contribution is -0.128. The molecule has 2 aromatic carbocycles. The standard InChI is InChI=1S/C25H30N2O2S/c1-16-12-13-17(2)19(14-16)15-27-21-10-6-7-11-22(21)30-23(25(27)29)18(3)24(28)26-20-8-4-5-9-20/h6-7,10-14,18,20,23H,4-5,8-9,15H2,1-3H3,(H,26,28)/t18-,23-/m1/s1. The lowest BCUT2D eigenvalue weighted by Gasteiger charge is -2.36. The Morgan fingerprint density at radius 1 is 1.17 bits per heavy atom. The van der Waals surface area contributed by atoms with Gasteiger partial charge >= 0.3 is 0 Å². The Balaban J connectivity index is 1.60. The van der Waals surface area contributed by atoms with E-state index in [0.29, 0.717) is 6.54 Å². The fraction of sp³-hybridized carbons (Fsp3) is 0.440. The quantitative estimate of drug-likeness (QED) is 0.737. The van der Waals surface area contributed by atoms with Crippen molar-refractivity contribution in [1.82, 2.24) is 5.32 Å². The van der Waals surface area contributed by atoms with E-state index in [0.717, 1.165) is 29.0 Å². The third-order valence-corrected chi connectivity index (χ3v) is 7.78. The van der Waals surface area contributed by atoms with Gasteiger partial charge in [-0.2, -0.15) is 0 Å². The fourth-order valence-electron chi connectivity index (χ4n) is 4.40. The number of hydrogen-bond acceptors (Lipinski definition) is 3. The van der Waals surface area contributed by atoms with Crippen LogP contribution in [0, 0.1) is 19.8 Å². The predicted octanol–water partition coefficient (Wildman–Crippen LogP) is 5.01. The maximum atomic E-state index is 13.6. The van der Waals surface area contributed by atoms with Gasteiger partial charge in [0.15, 0.2) is 0 Å². The summed E-state index contributed by atoms with van der Waals surface area (Å²) in [6, 6.07) is 14.6. The molecule has 2 atom stereocenters. The SMILES string of the molecule is Cc1ccc(C)c(CN2C(=O)[C@@H]([C@@H](C)C(=O)NC3CCCC3)Sc3ccccc32)c1. The second-order valence-corrected chi connectivity index (χ2v) is 9.82. The second kappa shape index (κ2) is 8.84. The second-order valence-electron chi connectivity index (χ2n) is 8.64. The zero-order chi connectivity index (χ0) is 21.3. The number of para-hydroxylation sites is 1. The molecule has 30 heavy (non-hydrogen) atoms. The highest BCUT2D eigenvalue weighted by molar-refractivity contribution is 8.01. The van der Waals surface area contributed by atoms with Gasteiger partial charge in [0, 0.05) is 10.9 Å². The Kier molecular flexibility index (Phi) is 6.19. The number of carbonyl (C=O) groups excluding carboxylic acids is 2. The first-order valence-corrected chi connectivity index (χ1v) is 11.8. The number of hydrogen-bond donors (Lipinski definition) is 1. The van der Waals surface area contributed by atoms with Crippen molar-refractivity contribution in [3.05, 3.63) is 59.2 Å². The molecule has 0 saturated heterocycles. The fourth-order valence-corrected chi connectivity index (χ4v) is 5.69. The summed E-state index contributed by atoms with van der Waals surface area (Å²) in [6.07, 6.45) is 4.44. The van der Waals surface area contributed by atoms with E-state index in [4.69, 9.17) is 0 Å². The Morgan fingerprint density at radius 3 is 2.67 bits per heavy atom. The Hall–Kier alpha value is -2.27. The molecular weight excluding hydrogens is 392 g/mol. The first-order valence-electron chi connectivity index (χ1n) is 10.9. The highest BCUT2D eigenvalue weighted by Gasteiger charge is 2.40. The van der Waals surface area contributed by atoms with Gasteiger partial charge in [-0.05, 0) is 49.9 Å². The van der Waals surface area contributed by atoms with Crippen LogP contribution >= 0.6 is 11.8 Å². The molecule has 2 aromatic rings. The van der Waals surface area contributed by atoms with E-state index in [9.17, 15) is 9.59 Å². The summed E-state index contributed by atoms with van der Waals surface area (Å²) in [7, 11) is 0. The third-order valence-electron chi connectivity index (χ3n) is 6.32. The summed E-state index contributed by atoms with van der Waals surface area (Å²) in [5.41, 5.74) is 4.44. The van der Waals surface area contributed by atoms with Crippen LogP contribution in [-0.4, -0.2) is 23.1 Å². The van der Waals surface area contributed by atoms with E-state index in [2.05, 4.69) is 43.4 Å². The molecule has 0 bridgehead atoms. The van der Waals surface area contributed by atoms with Crippen molar-refractivity contribution >= 4 is 29.3 Å². The molecule has 0 radical (unpaired) electrons. The number of aryl methyl sites for hydroxylation is 2. The molecule has 4 nitrogen and oxygen atoms in total. The van der Waals surface area contributed by atoms with E-state index in [-0.39, 0.29) is 23.8 Å². The number of nitrogens with zero attached hydrogens (tertiary/aromatic N) is 1. The van der Waals surface area contributed by atoms with Crippen LogP contribution in [0.3, 0.4) is 0 Å². The molecule has 1 saturated carbocycles. The zero-order valence-electron chi connectivity index (χ0n) is 18.0. The molecule has 158 valence electrons. The summed E-state index contributed by atoms with van der Waals surface area (Å²) in [6.45, 7) is 6.57. The van der Waals surface area contributed by atoms with Crippen molar-refractivity contribution in [2.45, 2.75) is 69.2 Å². The topological polar surface area (TPSA) is 49.4 Å². The molecule has 0 unspecified atom stereocenters. The molecule has 2 amide bonds. The molecular formula is C25H30N2O2S. The van der Waals surface area contributed by atoms with Crippen molar-refractivity contribution in [2.75, 3.05) is 4.90 Å². The molecule has 1 heterocycles. The first kappa shape index (κ1) is 21.0. The van der Waals surface area contributed by atoms with Crippen LogP contribution in [0.5, 0.6) is 0 Å². The van der Waals surface area contributed by atoms with Crippen molar-refractivity contribution < 1.29 is 9.59 Å². The van der Waals surface area contributed by atoms with E-state index in [1.165, 1.54) is 35.7 Å². The maximum Gasteiger partial charge on any atom is 0.241 e. The Bertz CT molecular complexity index is 952. The van der Waals surface area contributed by atoms with Crippen molar-refractivity contribution in [3.8, 4) is 0 Å². The summed E-state index contributed by atoms with van der Waals surface area (Å²) in [4.78, 5) is 29.5. The lowest BCUT2D eigenvalue weighted by atomic mass is 10.0. The summed E-state index contributed by atoms with van der Waals surface area (Å²) in [5.74, 6) is -0.356. The molecule has 1 N–H and O–H groups in total. The van der Waals surface area contributed by atoms with E-state index >= 15 is 0 Å². The van der Waals surface area contributed by atoms with Crippen LogP contribution in [0.1, 0.15) is 49.3 Å². The predicted molar refractivity (Wildman–Crippen MR) is 123 cm³/mol. The van der Waals surface area contributed by atoms with Crippen molar-refractivity contribution in [1.29, 1.82) is 0 Å². The number of anilines is 1. The highest BCUT2D eigenvalue weighted by atomic mass is 32.2. The minimum atomic E-state index is -0.411. The van der Waals surface area contributed by atoms with Gasteiger partial charge in [0.2, 0.25) is 11.8 Å². The maximum absolute atomic E-state index is 13.6. The third kappa shape index (κ3) is 4.27. The van der Waals surface area contributed by atoms with Crippen LogP contribution in [-0.2, 0) is 16.1 Å². The van der Waals surface area contributed by atoms with Gasteiger partial charge in [0.1, 0.15) is 5.25 Å². The van der Waals surface area contributed by atoms with Crippen molar-refractivity contribution in [3.63, 3.8) is 0 Å². The first-order chi connectivity index (χ1) is 14.4. The Labute approximate surface area is 183 Å². The normalized spacial score (nSPS) is 20.2. The van der Waals surface area contributed by atoms with E-state index in [1.807, 2.05) is 30.0 Å². The average molecular weight is 423 g/mol. The number of rotatable bonds is 5. The summed E-state index contributed by atoms with van der Waals surface area (Å²) >= 11 is 1.53. The zero-order valence-corrected chi connectivity index (χ0v) is 18.8. The van der Waals surface area contributed by atoms with Gasteiger partial charge in [0.25, 0.3) is 0 Å². The van der Waals surface area contributed by atoms with Gasteiger partial charge in [0.05, 0.1) is 18.2 Å². The minimum Gasteiger partial charge on any atom is -0.353 e. The molecule has 0 aromatic heterocycles. The molecule has 1 aliphatic carbocycles. The summed E-state index contributed by atoms with van der Waals surface area (Å²) < 4.78 is 0. The lowest BCUT2D eigenvalue weighted by Crippen LogP contribution is -2.48. The van der Waals surface area contributed by atoms with Crippen LogP contribution < -0.4 is 10.2 Å². The number of fused-ring (bicyclic) bond motifs is 1. The van der Waals surface area contributed by atoms with E-state index < -0.39 is 5.25 Å². The number of benzene rings is 2. The van der Waals surface area contributed by atoms with Crippen LogP contribution in [0.4, 0.5) is 5.69 Å². The largest absolute Gasteiger partial charge is 0.353 e. The van der Waals surface area contributed by atoms with Crippen LogP contribution in [0.25, 0.3) is 0 Å². The van der Waals surface area contributed by atoms with Gasteiger partial charge in [-0.1, -0.05) is 55.7 Å². The van der Waals surface area contributed by atoms with Crippen LogP contribution in [0.2, 0.25) is 0 Å². The highest BCUT2D eigenvalue weighted by Crippen LogP contribution is 2.42. The number of nitrogens with one attached hydrogen (secondary N) is 1. The van der Waals surface area contributed by atoms with Crippen molar-refractivity contribution in [2.24, 2.45) is 5.92 Å². The summed E-state index contributed by atoms with van der Waals surface area (Å²) in [5, 5.41) is 2.77. The number of thioether (sulfide) groups is 1. The van der Waals surface area contributed by atoms with Gasteiger partial charge in [-0.3, -0.25) is 9.59 Å². The molecule has 1 fully saturated rings.